The average molecular weight is 941 g/mol. The Hall–Kier alpha value is -6.02. The van der Waals surface area contributed by atoms with Gasteiger partial charge in [0, 0.05) is 42.7 Å². The average Bonchev–Trinajstić information content (AvgIpc) is 4.01. The molecule has 0 radical (unpaired) electrons. The molecular formula is C54H62ClN7O6. The van der Waals surface area contributed by atoms with Crippen LogP contribution in [0.2, 0.25) is 5.02 Å². The van der Waals surface area contributed by atoms with Crippen LogP contribution in [0.25, 0.3) is 11.3 Å². The molecule has 13 nitrogen and oxygen atoms in total. The van der Waals surface area contributed by atoms with Gasteiger partial charge >= 0.3 is 0 Å². The lowest BCUT2D eigenvalue weighted by Crippen LogP contribution is -2.66. The second kappa shape index (κ2) is 19.2. The van der Waals surface area contributed by atoms with Crippen LogP contribution < -0.4 is 10.1 Å². The lowest BCUT2D eigenvalue weighted by Gasteiger charge is -2.46. The Labute approximate surface area is 404 Å². The summed E-state index contributed by atoms with van der Waals surface area (Å²) in [5.74, 6) is -0.115. The summed E-state index contributed by atoms with van der Waals surface area (Å²) in [6.07, 6.45) is 4.97. The summed E-state index contributed by atoms with van der Waals surface area (Å²) in [4.78, 5) is 72.6. The number of hydrogen-bond acceptors (Lipinski definition) is 8. The number of amides is 4. The van der Waals surface area contributed by atoms with Crippen molar-refractivity contribution >= 4 is 35.2 Å². The lowest BCUT2D eigenvalue weighted by atomic mass is 9.80. The Kier molecular flexibility index (Phi) is 13.3. The fourth-order valence-electron chi connectivity index (χ4n) is 11.0. The van der Waals surface area contributed by atoms with Crippen LogP contribution in [0.1, 0.15) is 80.5 Å². The number of ether oxygens (including phenoxy) is 2. The van der Waals surface area contributed by atoms with E-state index in [0.717, 1.165) is 34.6 Å². The molecule has 1 aromatic heterocycles. The number of para-hydroxylation sites is 1. The highest BCUT2D eigenvalue weighted by Crippen LogP contribution is 2.43. The van der Waals surface area contributed by atoms with Gasteiger partial charge in [0.1, 0.15) is 35.1 Å². The van der Waals surface area contributed by atoms with Gasteiger partial charge in [0.15, 0.2) is 0 Å². The van der Waals surface area contributed by atoms with Crippen LogP contribution in [0.5, 0.6) is 11.5 Å². The molecule has 3 fully saturated rings. The molecule has 68 heavy (non-hydrogen) atoms. The first kappa shape index (κ1) is 47.1. The molecule has 0 unspecified atom stereocenters. The van der Waals surface area contributed by atoms with Crippen molar-refractivity contribution in [2.24, 2.45) is 13.0 Å². The van der Waals surface area contributed by atoms with E-state index in [9.17, 15) is 4.79 Å². The molecule has 9 rings (SSSR count). The summed E-state index contributed by atoms with van der Waals surface area (Å²) in [6, 6.07) is 29.0. The van der Waals surface area contributed by atoms with Crippen LogP contribution >= 0.6 is 11.6 Å². The molecule has 5 aromatic rings. The number of carbonyl (C=O) groups is 4. The minimum atomic E-state index is -1.16. The molecule has 3 aliphatic heterocycles. The SMILES string of the molecule is C[C@H]1C(=O)N2[C@@H](COC2(C)C)C(=O)N[C@@]2(Cc3ccc(Cl)cc3)CCCN(C2)C(=O)[C@H]([C@@H]2CCc3ccccc32)CC(=O)N1Cc1ccccc1Oc1ccc(-c2cnc(CN(C)C)n2C)cc1. The van der Waals surface area contributed by atoms with E-state index in [1.54, 1.807) is 25.7 Å². The van der Waals surface area contributed by atoms with E-state index in [1.165, 1.54) is 10.5 Å². The fourth-order valence-corrected chi connectivity index (χ4v) is 11.1. The third kappa shape index (κ3) is 9.53. The molecule has 4 amide bonds. The van der Waals surface area contributed by atoms with Crippen molar-refractivity contribution < 1.29 is 28.7 Å². The Bertz CT molecular complexity index is 2680. The van der Waals surface area contributed by atoms with Gasteiger partial charge in [-0.2, -0.15) is 0 Å². The zero-order chi connectivity index (χ0) is 47.9. The maximum atomic E-state index is 15.4. The minimum absolute atomic E-state index is 0.00569. The molecule has 5 atom stereocenters. The zero-order valence-electron chi connectivity index (χ0n) is 39.9. The van der Waals surface area contributed by atoms with E-state index < -0.39 is 35.2 Å². The van der Waals surface area contributed by atoms with Crippen LogP contribution in [-0.2, 0) is 56.9 Å². The number of imidazole rings is 1. The van der Waals surface area contributed by atoms with Crippen molar-refractivity contribution in [1.82, 2.24) is 34.5 Å². The Balaban J connectivity index is 1.07. The first-order valence-electron chi connectivity index (χ1n) is 23.8. The molecule has 3 saturated heterocycles. The molecule has 4 heterocycles. The summed E-state index contributed by atoms with van der Waals surface area (Å²) in [6.45, 7) is 6.71. The highest BCUT2D eigenvalue weighted by atomic mass is 35.5. The summed E-state index contributed by atoms with van der Waals surface area (Å²) >= 11 is 6.31. The van der Waals surface area contributed by atoms with E-state index >= 15 is 14.4 Å². The van der Waals surface area contributed by atoms with Crippen LogP contribution in [0.3, 0.4) is 0 Å². The Morgan fingerprint density at radius 1 is 0.912 bits per heavy atom. The van der Waals surface area contributed by atoms with Crippen molar-refractivity contribution in [3.05, 3.63) is 136 Å². The van der Waals surface area contributed by atoms with Gasteiger partial charge in [-0.1, -0.05) is 66.2 Å². The van der Waals surface area contributed by atoms with Gasteiger partial charge in [-0.3, -0.25) is 24.1 Å². The number of aryl methyl sites for hydroxylation is 1. The first-order valence-corrected chi connectivity index (χ1v) is 24.2. The van der Waals surface area contributed by atoms with Gasteiger partial charge in [-0.15, -0.1) is 0 Å². The molecule has 0 spiro atoms. The van der Waals surface area contributed by atoms with Gasteiger partial charge in [0.2, 0.25) is 23.6 Å². The maximum Gasteiger partial charge on any atom is 0.248 e. The van der Waals surface area contributed by atoms with E-state index in [1.807, 2.05) is 117 Å². The second-order valence-electron chi connectivity index (χ2n) is 19.9. The summed E-state index contributed by atoms with van der Waals surface area (Å²) in [5.41, 5.74) is 3.84. The number of fused-ring (bicyclic) bond motifs is 4. The van der Waals surface area contributed by atoms with Gasteiger partial charge in [-0.25, -0.2) is 4.98 Å². The maximum absolute atomic E-state index is 15.4. The van der Waals surface area contributed by atoms with Crippen LogP contribution in [-0.4, -0.2) is 110 Å². The number of benzene rings is 4. The number of halogens is 1. The van der Waals surface area contributed by atoms with Gasteiger partial charge in [0.25, 0.3) is 0 Å². The Morgan fingerprint density at radius 3 is 2.41 bits per heavy atom. The van der Waals surface area contributed by atoms with Gasteiger partial charge < -0.3 is 34.1 Å². The predicted molar refractivity (Wildman–Crippen MR) is 261 cm³/mol. The third-order valence-electron chi connectivity index (χ3n) is 14.5. The van der Waals surface area contributed by atoms with Crippen molar-refractivity contribution in [2.75, 3.05) is 33.8 Å². The summed E-state index contributed by atoms with van der Waals surface area (Å²) < 4.78 is 14.9. The predicted octanol–water partition coefficient (Wildman–Crippen LogP) is 7.75. The molecule has 2 bridgehead atoms. The molecule has 14 heteroatoms. The number of rotatable bonds is 10. The van der Waals surface area contributed by atoms with Crippen LogP contribution in [0.4, 0.5) is 0 Å². The topological polar surface area (TPSA) is 130 Å². The van der Waals surface area contributed by atoms with E-state index in [0.29, 0.717) is 60.9 Å². The molecule has 356 valence electrons. The monoisotopic (exact) mass is 939 g/mol. The van der Waals surface area contributed by atoms with E-state index in [2.05, 4.69) is 31.9 Å². The number of nitrogens with one attached hydrogen (secondary N) is 1. The van der Waals surface area contributed by atoms with Crippen molar-refractivity contribution in [3.8, 4) is 22.8 Å². The molecule has 4 aromatic carbocycles. The van der Waals surface area contributed by atoms with Crippen molar-refractivity contribution in [1.29, 1.82) is 0 Å². The molecule has 0 saturated carbocycles. The third-order valence-corrected chi connectivity index (χ3v) is 14.8. The smallest absolute Gasteiger partial charge is 0.248 e. The molecule has 1 N–H and O–H groups in total. The number of aromatic nitrogens is 2. The zero-order valence-corrected chi connectivity index (χ0v) is 40.7. The molecule has 1 aliphatic carbocycles. The largest absolute Gasteiger partial charge is 0.457 e. The van der Waals surface area contributed by atoms with Crippen LogP contribution in [0.15, 0.2) is 103 Å². The van der Waals surface area contributed by atoms with Gasteiger partial charge in [0.05, 0.1) is 43.0 Å². The quantitative estimate of drug-likeness (QED) is 0.151. The first-order chi connectivity index (χ1) is 32.6. The van der Waals surface area contributed by atoms with E-state index in [4.69, 9.17) is 21.1 Å². The van der Waals surface area contributed by atoms with E-state index in [-0.39, 0.29) is 49.8 Å². The summed E-state index contributed by atoms with van der Waals surface area (Å²) in [7, 11) is 6.04. The highest BCUT2D eigenvalue weighted by molar-refractivity contribution is 6.30. The number of carbonyl (C=O) groups excluding carboxylic acids is 4. The fraction of sp³-hybridized carbons (Fsp3) is 0.426. The van der Waals surface area contributed by atoms with Crippen molar-refractivity contribution in [2.45, 2.75) is 102 Å². The molecule has 4 aliphatic rings. The summed E-state index contributed by atoms with van der Waals surface area (Å²) in [5, 5.41) is 4.02. The number of hydrogen-bond donors (Lipinski definition) is 1. The number of piperidine rings is 1. The minimum Gasteiger partial charge on any atom is -0.457 e. The standard InChI is InChI=1S/C54H62ClN7O6/c1-35-51(65)62-46(33-67-53(62,2)3)50(64)57-54(29-36-16-21-40(55)22-17-36)26-11-27-60(34-54)52(66)44(43-25-20-37-12-7-9-14-42(37)43)28-49(63)61(35)31-39-13-8-10-15-47(39)68-41-23-18-38(19-24-41)45-30-56-48(59(45)6)32-58(4)5/h7-10,12-19,21-24,30,35,43-44,46H,11,20,25-29,31-34H2,1-6H3,(H,57,64)/t35-,43+,44-,46-,54+/m0/s1. The normalized spacial score (nSPS) is 24.2. The van der Waals surface area contributed by atoms with Crippen molar-refractivity contribution in [3.63, 3.8) is 0 Å². The van der Waals surface area contributed by atoms with Gasteiger partial charge in [-0.05, 0) is 132 Å². The highest BCUT2D eigenvalue weighted by Gasteiger charge is 2.52. The second-order valence-corrected chi connectivity index (χ2v) is 20.3. The van der Waals surface area contributed by atoms with Crippen LogP contribution in [0, 0.1) is 5.92 Å². The Morgan fingerprint density at radius 2 is 1.65 bits per heavy atom. The number of nitrogens with zero attached hydrogens (tertiary/aromatic N) is 6. The molecular weight excluding hydrogens is 878 g/mol. The lowest BCUT2D eigenvalue weighted by molar-refractivity contribution is -0.159.